The molecular formula is C16H25FO. The van der Waals surface area contributed by atoms with Crippen molar-refractivity contribution in [3.63, 3.8) is 0 Å². The molecule has 0 saturated heterocycles. The second kappa shape index (κ2) is 7.14. The molecule has 0 aliphatic heterocycles. The van der Waals surface area contributed by atoms with Crippen LogP contribution in [0.3, 0.4) is 0 Å². The molecule has 18 heavy (non-hydrogen) atoms. The highest BCUT2D eigenvalue weighted by atomic mass is 19.1. The highest BCUT2D eigenvalue weighted by molar-refractivity contribution is 5.00. The van der Waals surface area contributed by atoms with Crippen molar-refractivity contribution in [2.75, 3.05) is 6.67 Å². The van der Waals surface area contributed by atoms with Crippen LogP contribution in [-0.2, 0) is 0 Å². The van der Waals surface area contributed by atoms with Gasteiger partial charge in [-0.1, -0.05) is 5.92 Å². The predicted molar refractivity (Wildman–Crippen MR) is 71.8 cm³/mol. The molecule has 0 radical (unpaired) electrons. The van der Waals surface area contributed by atoms with E-state index in [4.69, 9.17) is 0 Å². The summed E-state index contributed by atoms with van der Waals surface area (Å²) in [5.41, 5.74) is 0. The smallest absolute Gasteiger partial charge is 0.150 e. The van der Waals surface area contributed by atoms with Crippen LogP contribution in [-0.4, -0.2) is 17.9 Å². The number of aliphatic hydroxyl groups excluding tert-OH is 1. The number of hydrogen-bond donors (Lipinski definition) is 1. The second-order valence-electron chi connectivity index (χ2n) is 6.04. The van der Waals surface area contributed by atoms with Crippen LogP contribution < -0.4 is 0 Å². The van der Waals surface area contributed by atoms with Crippen LogP contribution in [0.25, 0.3) is 0 Å². The van der Waals surface area contributed by atoms with Crippen molar-refractivity contribution in [2.24, 2.45) is 17.8 Å². The van der Waals surface area contributed by atoms with E-state index in [-0.39, 0.29) is 6.10 Å². The molecule has 2 rings (SSSR count). The van der Waals surface area contributed by atoms with Crippen molar-refractivity contribution in [1.82, 2.24) is 0 Å². The van der Waals surface area contributed by atoms with Crippen molar-refractivity contribution < 1.29 is 9.50 Å². The quantitative estimate of drug-likeness (QED) is 0.743. The van der Waals surface area contributed by atoms with Gasteiger partial charge in [0, 0.05) is 6.42 Å². The minimum Gasteiger partial charge on any atom is -0.393 e. The maximum absolute atomic E-state index is 11.9. The molecule has 102 valence electrons. The van der Waals surface area contributed by atoms with Gasteiger partial charge >= 0.3 is 0 Å². The van der Waals surface area contributed by atoms with Gasteiger partial charge in [-0.2, -0.15) is 0 Å². The summed E-state index contributed by atoms with van der Waals surface area (Å²) in [6, 6.07) is 0. The summed E-state index contributed by atoms with van der Waals surface area (Å²) in [4.78, 5) is 0. The van der Waals surface area contributed by atoms with Crippen molar-refractivity contribution in [3.8, 4) is 11.8 Å². The summed E-state index contributed by atoms with van der Waals surface area (Å²) >= 11 is 0. The molecule has 0 aromatic rings. The van der Waals surface area contributed by atoms with E-state index in [1.165, 1.54) is 38.5 Å². The Morgan fingerprint density at radius 2 is 1.39 bits per heavy atom. The lowest BCUT2D eigenvalue weighted by Gasteiger charge is -2.36. The highest BCUT2D eigenvalue weighted by Crippen LogP contribution is 2.40. The third kappa shape index (κ3) is 3.99. The van der Waals surface area contributed by atoms with Crippen LogP contribution in [0.5, 0.6) is 0 Å². The van der Waals surface area contributed by atoms with Crippen molar-refractivity contribution >= 4 is 0 Å². The zero-order chi connectivity index (χ0) is 12.8. The highest BCUT2D eigenvalue weighted by Gasteiger charge is 2.29. The fourth-order valence-corrected chi connectivity index (χ4v) is 3.70. The second-order valence-corrected chi connectivity index (χ2v) is 6.04. The van der Waals surface area contributed by atoms with E-state index in [9.17, 15) is 9.50 Å². The first-order valence-electron chi connectivity index (χ1n) is 7.49. The van der Waals surface area contributed by atoms with Gasteiger partial charge in [0.25, 0.3) is 0 Å². The summed E-state index contributed by atoms with van der Waals surface area (Å²) in [6.45, 7) is -0.500. The average molecular weight is 252 g/mol. The summed E-state index contributed by atoms with van der Waals surface area (Å²) < 4.78 is 11.9. The lowest BCUT2D eigenvalue weighted by atomic mass is 9.70. The van der Waals surface area contributed by atoms with Gasteiger partial charge in [0.1, 0.15) is 6.67 Å². The van der Waals surface area contributed by atoms with E-state index in [2.05, 4.69) is 11.8 Å². The minimum atomic E-state index is -0.500. The average Bonchev–Trinajstić information content (AvgIpc) is 2.41. The van der Waals surface area contributed by atoms with Gasteiger partial charge in [0.15, 0.2) is 0 Å². The fraction of sp³-hybridized carbons (Fsp3) is 0.875. The molecule has 0 atom stereocenters. The zero-order valence-corrected chi connectivity index (χ0v) is 11.2. The molecule has 0 spiro atoms. The number of hydrogen-bond acceptors (Lipinski definition) is 1. The van der Waals surface area contributed by atoms with Gasteiger partial charge in [-0.3, -0.25) is 0 Å². The van der Waals surface area contributed by atoms with Crippen LogP contribution in [0.15, 0.2) is 0 Å². The van der Waals surface area contributed by atoms with E-state index < -0.39 is 6.67 Å². The lowest BCUT2D eigenvalue weighted by Crippen LogP contribution is -2.27. The Morgan fingerprint density at radius 1 is 0.833 bits per heavy atom. The molecule has 0 heterocycles. The van der Waals surface area contributed by atoms with Gasteiger partial charge in [0.2, 0.25) is 0 Å². The van der Waals surface area contributed by atoms with Crippen molar-refractivity contribution in [2.45, 2.75) is 63.9 Å². The zero-order valence-electron chi connectivity index (χ0n) is 11.2. The molecule has 1 N–H and O–H groups in total. The van der Waals surface area contributed by atoms with Crippen LogP contribution >= 0.6 is 0 Å². The van der Waals surface area contributed by atoms with E-state index in [1.54, 1.807) is 0 Å². The van der Waals surface area contributed by atoms with Crippen LogP contribution in [0.1, 0.15) is 57.8 Å². The largest absolute Gasteiger partial charge is 0.393 e. The maximum Gasteiger partial charge on any atom is 0.150 e. The van der Waals surface area contributed by atoms with E-state index in [0.717, 1.165) is 31.1 Å². The Hall–Kier alpha value is -0.550. The van der Waals surface area contributed by atoms with Gasteiger partial charge in [-0.15, -0.1) is 5.92 Å². The molecule has 2 saturated carbocycles. The van der Waals surface area contributed by atoms with Gasteiger partial charge in [-0.05, 0) is 69.1 Å². The van der Waals surface area contributed by atoms with Gasteiger partial charge in [0.05, 0.1) is 6.10 Å². The molecule has 0 amide bonds. The fourth-order valence-electron chi connectivity index (χ4n) is 3.70. The van der Waals surface area contributed by atoms with Crippen molar-refractivity contribution in [1.29, 1.82) is 0 Å². The molecule has 0 bridgehead atoms. The Morgan fingerprint density at radius 3 is 1.94 bits per heavy atom. The number of alkyl halides is 1. The summed E-state index contributed by atoms with van der Waals surface area (Å²) in [6.07, 6.45) is 10.5. The molecule has 0 unspecified atom stereocenters. The van der Waals surface area contributed by atoms with Crippen LogP contribution in [0.2, 0.25) is 0 Å². The first-order chi connectivity index (χ1) is 8.79. The molecule has 2 heteroatoms. The third-order valence-electron chi connectivity index (χ3n) is 4.88. The molecule has 1 nitrogen and oxygen atoms in total. The molecule has 2 aliphatic carbocycles. The first-order valence-corrected chi connectivity index (χ1v) is 7.49. The molecular weight excluding hydrogens is 227 g/mol. The Labute approximate surface area is 110 Å². The molecule has 2 fully saturated rings. The number of aliphatic hydroxyl groups is 1. The summed E-state index contributed by atoms with van der Waals surface area (Å²) in [7, 11) is 0. The van der Waals surface area contributed by atoms with Crippen LogP contribution in [0.4, 0.5) is 4.39 Å². The van der Waals surface area contributed by atoms with E-state index in [0.29, 0.717) is 5.92 Å². The topological polar surface area (TPSA) is 20.2 Å². The monoisotopic (exact) mass is 252 g/mol. The minimum absolute atomic E-state index is 0.0337. The Balaban J connectivity index is 1.70. The van der Waals surface area contributed by atoms with E-state index in [1.807, 2.05) is 0 Å². The standard InChI is InChI=1S/C16H25FO/c17-12-2-1-3-13-4-6-14(7-5-13)15-8-10-16(18)11-9-15/h13-16,18H,3-12H2. The Kier molecular flexibility index (Phi) is 5.50. The third-order valence-corrected chi connectivity index (χ3v) is 4.88. The normalized spacial score (nSPS) is 36.8. The Bertz CT molecular complexity index is 288. The van der Waals surface area contributed by atoms with Gasteiger partial charge in [-0.25, -0.2) is 4.39 Å². The molecule has 2 aliphatic rings. The maximum atomic E-state index is 11.9. The first kappa shape index (κ1) is 13.9. The van der Waals surface area contributed by atoms with Crippen LogP contribution in [0, 0.1) is 29.6 Å². The SMILES string of the molecule is OC1CCC(C2CCC(CC#CCF)CC2)CC1. The summed E-state index contributed by atoms with van der Waals surface area (Å²) in [5, 5.41) is 9.54. The van der Waals surface area contributed by atoms with E-state index >= 15 is 0 Å². The summed E-state index contributed by atoms with van der Waals surface area (Å²) in [5.74, 6) is 7.91. The van der Waals surface area contributed by atoms with Gasteiger partial charge < -0.3 is 5.11 Å². The number of rotatable bonds is 2. The van der Waals surface area contributed by atoms with Crippen molar-refractivity contribution in [3.05, 3.63) is 0 Å². The lowest BCUT2D eigenvalue weighted by molar-refractivity contribution is 0.0773. The molecule has 0 aromatic heterocycles. The number of halogens is 1. The predicted octanol–water partition coefficient (Wildman–Crippen LogP) is 3.71. The molecule has 0 aromatic carbocycles.